The minimum absolute atomic E-state index is 0.0205. The lowest BCUT2D eigenvalue weighted by atomic mass is 9.85. The highest BCUT2D eigenvalue weighted by Crippen LogP contribution is 2.30. The number of alkyl halides is 1. The summed E-state index contributed by atoms with van der Waals surface area (Å²) < 4.78 is 27.0. The molecule has 0 heterocycles. The number of hydrogen-bond acceptors (Lipinski definition) is 1. The lowest BCUT2D eigenvalue weighted by Gasteiger charge is -2.28. The van der Waals surface area contributed by atoms with Crippen molar-refractivity contribution in [1.29, 1.82) is 0 Å². The third-order valence-electron chi connectivity index (χ3n) is 3.31. The van der Waals surface area contributed by atoms with Gasteiger partial charge in [-0.25, -0.2) is 8.78 Å². The summed E-state index contributed by atoms with van der Waals surface area (Å²) in [5, 5.41) is 10.8. The minimum atomic E-state index is -1.31. The van der Waals surface area contributed by atoms with Gasteiger partial charge in [0.15, 0.2) is 0 Å². The van der Waals surface area contributed by atoms with Crippen LogP contribution in [0.4, 0.5) is 8.78 Å². The van der Waals surface area contributed by atoms with Crippen molar-refractivity contribution in [3.63, 3.8) is 0 Å². The van der Waals surface area contributed by atoms with E-state index in [0.717, 1.165) is 18.2 Å². The van der Waals surface area contributed by atoms with Gasteiger partial charge in [-0.05, 0) is 35.7 Å². The summed E-state index contributed by atoms with van der Waals surface area (Å²) in [7, 11) is 0. The minimum Gasteiger partial charge on any atom is -0.385 e. The average molecular weight is 297 g/mol. The Hall–Kier alpha value is -1.45. The molecule has 2 rings (SSSR count). The van der Waals surface area contributed by atoms with Gasteiger partial charge in [0.05, 0.1) is 5.60 Å². The number of halogens is 3. The number of rotatable bonds is 5. The number of aliphatic hydroxyl groups is 1. The lowest BCUT2D eigenvalue weighted by molar-refractivity contribution is 0.0327. The molecule has 0 bridgehead atoms. The molecule has 0 saturated heterocycles. The fraction of sp³-hybridized carbons (Fsp3) is 0.250. The van der Waals surface area contributed by atoms with Gasteiger partial charge in [-0.1, -0.05) is 30.3 Å². The van der Waals surface area contributed by atoms with Crippen LogP contribution in [0.3, 0.4) is 0 Å². The Labute approximate surface area is 121 Å². The van der Waals surface area contributed by atoms with Crippen LogP contribution in [0.5, 0.6) is 0 Å². The Morgan fingerprint density at radius 1 is 1.05 bits per heavy atom. The van der Waals surface area contributed by atoms with Crippen molar-refractivity contribution < 1.29 is 13.9 Å². The van der Waals surface area contributed by atoms with Gasteiger partial charge in [0.25, 0.3) is 0 Å². The molecule has 1 unspecified atom stereocenters. The van der Waals surface area contributed by atoms with Gasteiger partial charge in [0.2, 0.25) is 0 Å². The van der Waals surface area contributed by atoms with Crippen molar-refractivity contribution in [3.05, 3.63) is 71.3 Å². The van der Waals surface area contributed by atoms with Crippen molar-refractivity contribution in [3.8, 4) is 0 Å². The summed E-state index contributed by atoms with van der Waals surface area (Å²) in [6.07, 6.45) is 0.238. The second kappa shape index (κ2) is 6.33. The molecule has 0 aliphatic carbocycles. The molecule has 2 aromatic carbocycles. The van der Waals surface area contributed by atoms with E-state index in [1.807, 2.05) is 6.07 Å². The van der Waals surface area contributed by atoms with E-state index in [0.29, 0.717) is 5.56 Å². The monoisotopic (exact) mass is 296 g/mol. The zero-order chi connectivity index (χ0) is 14.6. The largest absolute Gasteiger partial charge is 0.385 e. The molecular formula is C16H15ClF2O. The summed E-state index contributed by atoms with van der Waals surface area (Å²) in [5.41, 5.74) is -0.525. The van der Waals surface area contributed by atoms with Crippen LogP contribution in [-0.4, -0.2) is 11.0 Å². The van der Waals surface area contributed by atoms with Crippen LogP contribution in [0.2, 0.25) is 0 Å². The van der Waals surface area contributed by atoms with Gasteiger partial charge < -0.3 is 5.11 Å². The predicted molar refractivity (Wildman–Crippen MR) is 75.7 cm³/mol. The smallest absolute Gasteiger partial charge is 0.126 e. The third-order valence-corrected chi connectivity index (χ3v) is 3.50. The summed E-state index contributed by atoms with van der Waals surface area (Å²) in [6.45, 7) is 0. The Balaban J connectivity index is 2.36. The molecule has 0 aromatic heterocycles. The summed E-state index contributed by atoms with van der Waals surface area (Å²) in [4.78, 5) is 0. The quantitative estimate of drug-likeness (QED) is 0.826. The van der Waals surface area contributed by atoms with Crippen LogP contribution in [0, 0.1) is 11.6 Å². The van der Waals surface area contributed by atoms with Gasteiger partial charge in [-0.3, -0.25) is 0 Å². The van der Waals surface area contributed by atoms with E-state index in [9.17, 15) is 13.9 Å². The van der Waals surface area contributed by atoms with Crippen LogP contribution >= 0.6 is 11.6 Å². The molecule has 0 aliphatic rings. The van der Waals surface area contributed by atoms with E-state index in [-0.39, 0.29) is 24.3 Å². The van der Waals surface area contributed by atoms with Crippen LogP contribution in [-0.2, 0) is 12.0 Å². The summed E-state index contributed by atoms with van der Waals surface area (Å²) in [6, 6.07) is 12.1. The summed E-state index contributed by atoms with van der Waals surface area (Å²) in [5.74, 6) is -0.833. The van der Waals surface area contributed by atoms with Gasteiger partial charge in [-0.2, -0.15) is 0 Å². The van der Waals surface area contributed by atoms with Crippen LogP contribution in [0.1, 0.15) is 17.5 Å². The van der Waals surface area contributed by atoms with E-state index in [4.69, 9.17) is 11.6 Å². The number of benzene rings is 2. The average Bonchev–Trinajstić information content (AvgIpc) is 2.44. The summed E-state index contributed by atoms with van der Waals surface area (Å²) >= 11 is 5.75. The Kier molecular flexibility index (Phi) is 4.73. The normalized spacial score (nSPS) is 14.0. The standard InChI is InChI=1S/C16H15ClF2O/c17-9-8-16(20,13-4-2-1-3-5-13)11-12-10-14(18)6-7-15(12)19/h1-7,10,20H,8-9,11H2. The first-order chi connectivity index (χ1) is 9.55. The van der Waals surface area contributed by atoms with Gasteiger partial charge in [-0.15, -0.1) is 11.6 Å². The molecule has 1 atom stereocenters. The third kappa shape index (κ3) is 3.35. The second-order valence-electron chi connectivity index (χ2n) is 4.75. The Morgan fingerprint density at radius 2 is 1.75 bits per heavy atom. The lowest BCUT2D eigenvalue weighted by Crippen LogP contribution is -2.29. The van der Waals surface area contributed by atoms with Gasteiger partial charge in [0, 0.05) is 12.3 Å². The van der Waals surface area contributed by atoms with Crippen LogP contribution in [0.15, 0.2) is 48.5 Å². The van der Waals surface area contributed by atoms with Crippen molar-refractivity contribution in [2.75, 3.05) is 5.88 Å². The fourth-order valence-electron chi connectivity index (χ4n) is 2.23. The molecule has 106 valence electrons. The Morgan fingerprint density at radius 3 is 2.40 bits per heavy atom. The molecule has 20 heavy (non-hydrogen) atoms. The molecule has 1 N–H and O–H groups in total. The highest BCUT2D eigenvalue weighted by Gasteiger charge is 2.30. The first kappa shape index (κ1) is 14.9. The van der Waals surface area contributed by atoms with Crippen molar-refractivity contribution in [2.45, 2.75) is 18.4 Å². The zero-order valence-corrected chi connectivity index (χ0v) is 11.6. The van der Waals surface area contributed by atoms with E-state index in [1.165, 1.54) is 0 Å². The molecule has 2 aromatic rings. The maximum Gasteiger partial charge on any atom is 0.126 e. The predicted octanol–water partition coefficient (Wildman–Crippen LogP) is 4.02. The van der Waals surface area contributed by atoms with Crippen LogP contribution < -0.4 is 0 Å². The molecule has 1 nitrogen and oxygen atoms in total. The molecule has 0 fully saturated rings. The molecule has 0 amide bonds. The molecule has 4 heteroatoms. The molecule has 0 aliphatic heterocycles. The van der Waals surface area contributed by atoms with E-state index >= 15 is 0 Å². The topological polar surface area (TPSA) is 20.2 Å². The van der Waals surface area contributed by atoms with Crippen molar-refractivity contribution >= 4 is 11.6 Å². The van der Waals surface area contributed by atoms with Gasteiger partial charge in [0.1, 0.15) is 11.6 Å². The highest BCUT2D eigenvalue weighted by atomic mass is 35.5. The fourth-order valence-corrected chi connectivity index (χ4v) is 2.55. The van der Waals surface area contributed by atoms with Crippen molar-refractivity contribution in [2.24, 2.45) is 0 Å². The first-order valence-electron chi connectivity index (χ1n) is 6.33. The molecule has 0 saturated carbocycles. The zero-order valence-electron chi connectivity index (χ0n) is 10.8. The molecule has 0 radical (unpaired) electrons. The van der Waals surface area contributed by atoms with E-state index < -0.39 is 17.2 Å². The van der Waals surface area contributed by atoms with Gasteiger partial charge >= 0.3 is 0 Å². The SMILES string of the molecule is OC(CCCl)(Cc1cc(F)ccc1F)c1ccccc1. The van der Waals surface area contributed by atoms with E-state index in [2.05, 4.69) is 0 Å². The van der Waals surface area contributed by atoms with Crippen LogP contribution in [0.25, 0.3) is 0 Å². The molecule has 0 spiro atoms. The first-order valence-corrected chi connectivity index (χ1v) is 6.86. The maximum atomic E-state index is 13.7. The highest BCUT2D eigenvalue weighted by molar-refractivity contribution is 6.17. The second-order valence-corrected chi connectivity index (χ2v) is 5.13. The Bertz CT molecular complexity index is 574. The van der Waals surface area contributed by atoms with Crippen molar-refractivity contribution in [1.82, 2.24) is 0 Å². The number of hydrogen-bond donors (Lipinski definition) is 1. The molecular weight excluding hydrogens is 282 g/mol. The maximum absolute atomic E-state index is 13.7. The van der Waals surface area contributed by atoms with E-state index in [1.54, 1.807) is 24.3 Å².